The van der Waals surface area contributed by atoms with Gasteiger partial charge in [-0.1, -0.05) is 0 Å². The van der Waals surface area contributed by atoms with Crippen LogP contribution in [-0.2, 0) is 9.59 Å². The van der Waals surface area contributed by atoms with E-state index < -0.39 is 0 Å². The fourth-order valence-electron chi connectivity index (χ4n) is 4.35. The number of carbonyl (C=O) groups is 2. The third kappa shape index (κ3) is 7.22. The average Bonchev–Trinajstić information content (AvgIpc) is 3.50. The zero-order chi connectivity index (χ0) is 25.6. The van der Waals surface area contributed by atoms with Crippen LogP contribution in [0.5, 0.6) is 11.5 Å². The number of aromatic amines is 1. The Hall–Kier alpha value is -3.53. The summed E-state index contributed by atoms with van der Waals surface area (Å²) in [6.07, 6.45) is 5.56. The normalized spacial score (nSPS) is 12.9. The highest BCUT2D eigenvalue weighted by molar-refractivity contribution is 6.13. The van der Waals surface area contributed by atoms with Gasteiger partial charge in [0.25, 0.3) is 12.9 Å². The molecule has 1 saturated heterocycles. The average molecular weight is 489 g/mol. The third-order valence-electron chi connectivity index (χ3n) is 5.91. The van der Waals surface area contributed by atoms with Gasteiger partial charge in [-0.15, -0.1) is 0 Å². The predicted molar refractivity (Wildman–Crippen MR) is 137 cm³/mol. The summed E-state index contributed by atoms with van der Waals surface area (Å²) in [5.41, 5.74) is 2.14. The van der Waals surface area contributed by atoms with Crippen molar-refractivity contribution in [3.8, 4) is 11.5 Å². The Kier molecular flexibility index (Phi) is 11.6. The topological polar surface area (TPSA) is 128 Å². The second-order valence-corrected chi connectivity index (χ2v) is 7.86. The summed E-state index contributed by atoms with van der Waals surface area (Å²) in [6, 6.07) is 6.18. The molecule has 1 aromatic carbocycles. The van der Waals surface area contributed by atoms with E-state index in [1.165, 1.54) is 25.9 Å². The number of carboxylic acid groups (broad SMARTS) is 2. The van der Waals surface area contributed by atoms with Gasteiger partial charge in [-0.3, -0.25) is 9.59 Å². The Morgan fingerprint density at radius 2 is 1.74 bits per heavy atom. The molecule has 0 amide bonds. The fourth-order valence-corrected chi connectivity index (χ4v) is 4.35. The van der Waals surface area contributed by atoms with Crippen LogP contribution in [0.2, 0.25) is 0 Å². The third-order valence-corrected chi connectivity index (χ3v) is 5.91. The first-order chi connectivity index (χ1) is 17.1. The van der Waals surface area contributed by atoms with Gasteiger partial charge < -0.3 is 34.5 Å². The lowest BCUT2D eigenvalue weighted by molar-refractivity contribution is -0.123. The van der Waals surface area contributed by atoms with E-state index in [1.807, 2.05) is 12.3 Å². The molecule has 0 unspecified atom stereocenters. The molecule has 1 aliphatic rings. The molecule has 0 bridgehead atoms. The number of hydrogen-bond donors (Lipinski definition) is 3. The maximum Gasteiger partial charge on any atom is 0.290 e. The van der Waals surface area contributed by atoms with Crippen LogP contribution in [0.4, 0.5) is 5.82 Å². The number of anilines is 1. The smallest absolute Gasteiger partial charge is 0.290 e. The first-order valence-corrected chi connectivity index (χ1v) is 11.8. The van der Waals surface area contributed by atoms with Crippen molar-refractivity contribution in [2.24, 2.45) is 0 Å². The Morgan fingerprint density at radius 3 is 2.34 bits per heavy atom. The molecule has 0 spiro atoms. The van der Waals surface area contributed by atoms with Gasteiger partial charge in [-0.25, -0.2) is 4.98 Å². The SMILES string of the molecule is CCN(CC)c1nccc2[nH]c3cc(OCCCN4CCCC4)c(OC)cc3c12.O=CO.O=CO. The van der Waals surface area contributed by atoms with Crippen molar-refractivity contribution in [1.29, 1.82) is 0 Å². The van der Waals surface area contributed by atoms with Crippen molar-refractivity contribution in [3.63, 3.8) is 0 Å². The highest BCUT2D eigenvalue weighted by atomic mass is 16.5. The minimum Gasteiger partial charge on any atom is -0.493 e. The van der Waals surface area contributed by atoms with E-state index >= 15 is 0 Å². The van der Waals surface area contributed by atoms with Gasteiger partial charge in [0.1, 0.15) is 5.82 Å². The van der Waals surface area contributed by atoms with Gasteiger partial charge in [-0.05, 0) is 58.3 Å². The second kappa shape index (κ2) is 14.7. The lowest BCUT2D eigenvalue weighted by atomic mass is 10.1. The van der Waals surface area contributed by atoms with Gasteiger partial charge in [0, 0.05) is 37.3 Å². The number of nitrogens with one attached hydrogen (secondary N) is 1. The molecular weight excluding hydrogens is 452 g/mol. The minimum atomic E-state index is -0.250. The van der Waals surface area contributed by atoms with Crippen LogP contribution in [0, 0.1) is 0 Å². The molecule has 4 rings (SSSR count). The molecule has 0 saturated carbocycles. The van der Waals surface area contributed by atoms with Gasteiger partial charge in [0.15, 0.2) is 11.5 Å². The van der Waals surface area contributed by atoms with Gasteiger partial charge in [-0.2, -0.15) is 0 Å². The van der Waals surface area contributed by atoms with Crippen molar-refractivity contribution in [2.45, 2.75) is 33.1 Å². The van der Waals surface area contributed by atoms with Gasteiger partial charge in [0.2, 0.25) is 0 Å². The largest absolute Gasteiger partial charge is 0.493 e. The molecule has 10 nitrogen and oxygen atoms in total. The lowest BCUT2D eigenvalue weighted by Gasteiger charge is -2.20. The summed E-state index contributed by atoms with van der Waals surface area (Å²) < 4.78 is 11.8. The number of likely N-dealkylation sites (tertiary alicyclic amines) is 1. The van der Waals surface area contributed by atoms with Crippen LogP contribution < -0.4 is 14.4 Å². The van der Waals surface area contributed by atoms with E-state index in [1.54, 1.807) is 7.11 Å². The number of rotatable bonds is 9. The second-order valence-electron chi connectivity index (χ2n) is 7.86. The van der Waals surface area contributed by atoms with Crippen LogP contribution in [-0.4, -0.2) is 84.5 Å². The number of methoxy groups -OCH3 is 1. The molecule has 35 heavy (non-hydrogen) atoms. The van der Waals surface area contributed by atoms with E-state index in [0.29, 0.717) is 6.61 Å². The van der Waals surface area contributed by atoms with Crippen molar-refractivity contribution in [3.05, 3.63) is 24.4 Å². The maximum absolute atomic E-state index is 8.36. The van der Waals surface area contributed by atoms with Crippen LogP contribution in [0.3, 0.4) is 0 Å². The minimum absolute atomic E-state index is 0.250. The summed E-state index contributed by atoms with van der Waals surface area (Å²) in [4.78, 5) is 29.7. The molecule has 0 radical (unpaired) electrons. The highest BCUT2D eigenvalue weighted by Crippen LogP contribution is 2.38. The first kappa shape index (κ1) is 27.7. The Balaban J connectivity index is 0.000000655. The highest BCUT2D eigenvalue weighted by Gasteiger charge is 2.17. The van der Waals surface area contributed by atoms with E-state index in [4.69, 9.17) is 29.3 Å². The number of ether oxygens (including phenoxy) is 2. The quantitative estimate of drug-likeness (QED) is 0.304. The number of fused-ring (bicyclic) bond motifs is 3. The maximum atomic E-state index is 8.36. The molecular formula is C25H36N4O6. The molecule has 3 heterocycles. The molecule has 1 fully saturated rings. The number of benzene rings is 1. The molecule has 3 aromatic rings. The summed E-state index contributed by atoms with van der Waals surface area (Å²) in [5.74, 6) is 2.58. The molecule has 10 heteroatoms. The van der Waals surface area contributed by atoms with E-state index in [9.17, 15) is 0 Å². The standard InChI is InChI=1S/C23H32N4O2.2CH2O2/c1-4-27(5-2)23-22-17-15-20(28-3)21(16-19(17)25-18(22)9-10-24-23)29-14-8-13-26-11-6-7-12-26;2*2-1-3/h9-10,15-16,25H,4-8,11-14H2,1-3H3;2*1H,(H,2,3). The van der Waals surface area contributed by atoms with Crippen molar-refractivity contribution >= 4 is 40.6 Å². The Bertz CT molecular complexity index is 1050. The number of pyridine rings is 1. The van der Waals surface area contributed by atoms with Gasteiger partial charge in [0.05, 0.1) is 30.1 Å². The molecule has 192 valence electrons. The number of H-pyrrole nitrogens is 1. The molecule has 1 aliphatic heterocycles. The Labute approximate surface area is 205 Å². The van der Waals surface area contributed by atoms with Crippen LogP contribution >= 0.6 is 0 Å². The molecule has 2 aromatic heterocycles. The van der Waals surface area contributed by atoms with Crippen molar-refractivity contribution < 1.29 is 29.3 Å². The number of aromatic nitrogens is 2. The first-order valence-electron chi connectivity index (χ1n) is 11.8. The molecule has 0 atom stereocenters. The predicted octanol–water partition coefficient (Wildman–Crippen LogP) is 3.84. The van der Waals surface area contributed by atoms with E-state index in [-0.39, 0.29) is 12.9 Å². The van der Waals surface area contributed by atoms with Crippen molar-refractivity contribution in [1.82, 2.24) is 14.9 Å². The summed E-state index contributed by atoms with van der Waals surface area (Å²) in [6.45, 7) is 9.93. The zero-order valence-corrected chi connectivity index (χ0v) is 20.7. The van der Waals surface area contributed by atoms with Gasteiger partial charge >= 0.3 is 0 Å². The summed E-state index contributed by atoms with van der Waals surface area (Å²) >= 11 is 0. The van der Waals surface area contributed by atoms with E-state index in [0.717, 1.165) is 65.2 Å². The zero-order valence-electron chi connectivity index (χ0n) is 20.7. The lowest BCUT2D eigenvalue weighted by Crippen LogP contribution is -2.23. The summed E-state index contributed by atoms with van der Waals surface area (Å²) in [7, 11) is 1.71. The van der Waals surface area contributed by atoms with Crippen LogP contribution in [0.15, 0.2) is 24.4 Å². The molecule has 3 N–H and O–H groups in total. The fraction of sp³-hybridized carbons (Fsp3) is 0.480. The van der Waals surface area contributed by atoms with Crippen LogP contribution in [0.1, 0.15) is 33.1 Å². The molecule has 0 aliphatic carbocycles. The van der Waals surface area contributed by atoms with Crippen LogP contribution in [0.25, 0.3) is 21.8 Å². The number of hydrogen-bond acceptors (Lipinski definition) is 7. The number of nitrogens with zero attached hydrogens (tertiary/aromatic N) is 3. The summed E-state index contributed by atoms with van der Waals surface area (Å²) in [5, 5.41) is 16.0. The monoisotopic (exact) mass is 488 g/mol. The van der Waals surface area contributed by atoms with E-state index in [2.05, 4.69) is 45.7 Å². The Morgan fingerprint density at radius 1 is 1.09 bits per heavy atom. The van der Waals surface area contributed by atoms with Crippen molar-refractivity contribution in [2.75, 3.05) is 51.3 Å².